The maximum Gasteiger partial charge on any atom is 0.271 e. The van der Waals surface area contributed by atoms with Crippen molar-refractivity contribution in [3.63, 3.8) is 0 Å². The van der Waals surface area contributed by atoms with Crippen molar-refractivity contribution in [2.45, 2.75) is 18.4 Å². The zero-order valence-electron chi connectivity index (χ0n) is 19.5. The minimum Gasteiger partial charge on any atom is -0.326 e. The van der Waals surface area contributed by atoms with Crippen molar-refractivity contribution in [1.82, 2.24) is 4.98 Å². The van der Waals surface area contributed by atoms with E-state index in [-0.39, 0.29) is 18.0 Å². The highest BCUT2D eigenvalue weighted by molar-refractivity contribution is 7.99. The van der Waals surface area contributed by atoms with Crippen LogP contribution in [0.5, 0.6) is 0 Å². The summed E-state index contributed by atoms with van der Waals surface area (Å²) in [4.78, 5) is 27.9. The summed E-state index contributed by atoms with van der Waals surface area (Å²) in [5, 5.41) is 24.4. The summed E-state index contributed by atoms with van der Waals surface area (Å²) in [5.41, 5.74) is 4.89. The molecule has 7 nitrogen and oxygen atoms in total. The highest BCUT2D eigenvalue weighted by Gasteiger charge is 2.17. The minimum atomic E-state index is -0.496. The molecule has 8 heteroatoms. The predicted octanol–water partition coefficient (Wildman–Crippen LogP) is 6.62. The number of carbonyl (C=O) groups excluding carboxylic acids is 1. The Morgan fingerprint density at radius 2 is 1.69 bits per heavy atom. The van der Waals surface area contributed by atoms with Crippen LogP contribution in [0.25, 0.3) is 22.4 Å². The van der Waals surface area contributed by atoms with Gasteiger partial charge in [-0.2, -0.15) is 5.26 Å². The maximum atomic E-state index is 12.6. The Morgan fingerprint density at radius 1 is 1.03 bits per heavy atom. The fourth-order valence-corrected chi connectivity index (χ4v) is 4.59. The number of nitrogens with zero attached hydrogens (tertiary/aromatic N) is 3. The van der Waals surface area contributed by atoms with Gasteiger partial charge in [0.2, 0.25) is 5.91 Å². The fourth-order valence-electron chi connectivity index (χ4n) is 3.65. The smallest absolute Gasteiger partial charge is 0.271 e. The first kappa shape index (κ1) is 24.6. The average Bonchev–Trinajstić information content (AvgIpc) is 2.90. The molecule has 0 aliphatic heterocycles. The van der Waals surface area contributed by atoms with E-state index in [1.165, 1.54) is 23.9 Å². The largest absolute Gasteiger partial charge is 0.326 e. The lowest BCUT2D eigenvalue weighted by atomic mass is 9.99. The van der Waals surface area contributed by atoms with Crippen molar-refractivity contribution >= 4 is 29.0 Å². The Morgan fingerprint density at radius 3 is 2.33 bits per heavy atom. The molecule has 4 aromatic rings. The van der Waals surface area contributed by atoms with E-state index in [9.17, 15) is 20.2 Å². The molecule has 1 aromatic heterocycles. The summed E-state index contributed by atoms with van der Waals surface area (Å²) < 4.78 is 0. The van der Waals surface area contributed by atoms with Gasteiger partial charge in [-0.05, 0) is 24.1 Å². The Hall–Kier alpha value is -4.48. The van der Waals surface area contributed by atoms with E-state index in [2.05, 4.69) is 11.4 Å². The molecule has 0 saturated heterocycles. The first-order chi connectivity index (χ1) is 17.5. The quantitative estimate of drug-likeness (QED) is 0.167. The lowest BCUT2D eigenvalue weighted by Crippen LogP contribution is -2.13. The molecule has 36 heavy (non-hydrogen) atoms. The van der Waals surface area contributed by atoms with E-state index in [1.54, 1.807) is 13.0 Å². The fraction of sp³-hybridized carbons (Fsp3) is 0.107. The van der Waals surface area contributed by atoms with Crippen molar-refractivity contribution in [2.24, 2.45) is 0 Å². The number of benzene rings is 3. The zero-order valence-corrected chi connectivity index (χ0v) is 20.3. The van der Waals surface area contributed by atoms with Crippen molar-refractivity contribution < 1.29 is 9.72 Å². The molecule has 0 fully saturated rings. The third kappa shape index (κ3) is 5.77. The molecular formula is C28H22N4O3S. The number of hydrogen-bond acceptors (Lipinski definition) is 6. The third-order valence-electron chi connectivity index (χ3n) is 5.53. The van der Waals surface area contributed by atoms with E-state index in [4.69, 9.17) is 4.98 Å². The van der Waals surface area contributed by atoms with Crippen LogP contribution in [0.4, 0.5) is 11.4 Å². The van der Waals surface area contributed by atoms with Crippen LogP contribution in [-0.2, 0) is 4.79 Å². The Bertz CT molecular complexity index is 1450. The number of hydrogen-bond donors (Lipinski definition) is 1. The van der Waals surface area contributed by atoms with Gasteiger partial charge >= 0.3 is 0 Å². The van der Waals surface area contributed by atoms with Crippen LogP contribution < -0.4 is 5.32 Å². The molecular weight excluding hydrogens is 472 g/mol. The van der Waals surface area contributed by atoms with E-state index < -0.39 is 4.92 Å². The zero-order chi connectivity index (χ0) is 25.5. The highest BCUT2D eigenvalue weighted by Crippen LogP contribution is 2.34. The second-order valence-electron chi connectivity index (χ2n) is 7.98. The number of nitriles is 1. The summed E-state index contributed by atoms with van der Waals surface area (Å²) in [6, 6.07) is 28.0. The number of thioether (sulfide) groups is 1. The lowest BCUT2D eigenvalue weighted by molar-refractivity contribution is -0.384. The topological polar surface area (TPSA) is 109 Å². The van der Waals surface area contributed by atoms with Crippen LogP contribution in [0, 0.1) is 28.4 Å². The summed E-state index contributed by atoms with van der Waals surface area (Å²) >= 11 is 1.34. The Kier molecular flexibility index (Phi) is 7.73. The van der Waals surface area contributed by atoms with Crippen LogP contribution in [0.1, 0.15) is 17.5 Å². The number of pyridine rings is 1. The number of amides is 1. The van der Waals surface area contributed by atoms with Crippen LogP contribution in [0.3, 0.4) is 0 Å². The van der Waals surface area contributed by atoms with Gasteiger partial charge in [-0.15, -0.1) is 11.8 Å². The summed E-state index contributed by atoms with van der Waals surface area (Å²) in [6.45, 7) is 1.78. The highest BCUT2D eigenvalue weighted by atomic mass is 32.2. The molecule has 0 bridgehead atoms. The maximum absolute atomic E-state index is 12.6. The number of aryl methyl sites for hydroxylation is 1. The second-order valence-corrected chi connectivity index (χ2v) is 9.07. The molecule has 1 heterocycles. The SMILES string of the molecule is Cc1ccc([N+](=O)[O-])cc1NC(=O)CCSc1nc(-c2ccccc2)cc(-c2ccccc2)c1C#N. The molecule has 1 N–H and O–H groups in total. The van der Waals surface area contributed by atoms with Gasteiger partial charge in [-0.25, -0.2) is 4.98 Å². The van der Waals surface area contributed by atoms with Crippen LogP contribution in [0.15, 0.2) is 90.0 Å². The summed E-state index contributed by atoms with van der Waals surface area (Å²) in [6.07, 6.45) is 0.148. The molecule has 178 valence electrons. The van der Waals surface area contributed by atoms with Gasteiger partial charge in [0, 0.05) is 35.4 Å². The van der Waals surface area contributed by atoms with E-state index in [0.29, 0.717) is 22.0 Å². The first-order valence-corrected chi connectivity index (χ1v) is 12.2. The van der Waals surface area contributed by atoms with Gasteiger partial charge in [-0.1, -0.05) is 66.7 Å². The minimum absolute atomic E-state index is 0.0840. The lowest BCUT2D eigenvalue weighted by Gasteiger charge is -2.13. The van der Waals surface area contributed by atoms with Gasteiger partial charge in [0.25, 0.3) is 5.69 Å². The Labute approximate surface area is 213 Å². The molecule has 0 saturated carbocycles. The van der Waals surface area contributed by atoms with Gasteiger partial charge < -0.3 is 5.32 Å². The van der Waals surface area contributed by atoms with E-state index in [0.717, 1.165) is 27.9 Å². The molecule has 0 unspecified atom stereocenters. The van der Waals surface area contributed by atoms with Crippen molar-refractivity contribution in [1.29, 1.82) is 5.26 Å². The summed E-state index contributed by atoms with van der Waals surface area (Å²) in [5.74, 6) is 0.112. The second kappa shape index (κ2) is 11.3. The third-order valence-corrected chi connectivity index (χ3v) is 6.50. The molecule has 4 rings (SSSR count). The number of nitro benzene ring substituents is 1. The van der Waals surface area contributed by atoms with Crippen LogP contribution >= 0.6 is 11.8 Å². The normalized spacial score (nSPS) is 10.4. The molecule has 0 aliphatic rings. The first-order valence-electron chi connectivity index (χ1n) is 11.2. The van der Waals surface area contributed by atoms with Crippen molar-refractivity contribution in [3.8, 4) is 28.5 Å². The van der Waals surface area contributed by atoms with Crippen LogP contribution in [-0.4, -0.2) is 21.6 Å². The van der Waals surface area contributed by atoms with Gasteiger partial charge in [0.05, 0.1) is 21.9 Å². The van der Waals surface area contributed by atoms with Crippen molar-refractivity contribution in [3.05, 3.63) is 106 Å². The molecule has 0 atom stereocenters. The standard InChI is InChI=1S/C28H22N4O3S/c1-19-12-13-22(32(34)35)16-25(19)30-27(33)14-15-36-28-24(18-29)23(20-8-4-2-5-9-20)17-26(31-28)21-10-6-3-7-11-21/h2-13,16-17H,14-15H2,1H3,(H,30,33). The van der Waals surface area contributed by atoms with E-state index >= 15 is 0 Å². The molecule has 0 spiro atoms. The molecule has 3 aromatic carbocycles. The van der Waals surface area contributed by atoms with E-state index in [1.807, 2.05) is 66.7 Å². The number of aromatic nitrogens is 1. The van der Waals surface area contributed by atoms with Crippen LogP contribution in [0.2, 0.25) is 0 Å². The van der Waals surface area contributed by atoms with Crippen molar-refractivity contribution in [2.75, 3.05) is 11.1 Å². The van der Waals surface area contributed by atoms with Gasteiger partial charge in [-0.3, -0.25) is 14.9 Å². The number of anilines is 1. The number of non-ortho nitro benzene ring substituents is 1. The molecule has 0 aliphatic carbocycles. The number of nitro groups is 1. The molecule has 1 amide bonds. The monoisotopic (exact) mass is 494 g/mol. The number of rotatable bonds is 8. The molecule has 0 radical (unpaired) electrons. The number of carbonyl (C=O) groups is 1. The Balaban J connectivity index is 1.57. The average molecular weight is 495 g/mol. The van der Waals surface area contributed by atoms with Gasteiger partial charge in [0.15, 0.2) is 0 Å². The van der Waals surface area contributed by atoms with Gasteiger partial charge in [0.1, 0.15) is 11.1 Å². The number of nitrogens with one attached hydrogen (secondary N) is 1. The predicted molar refractivity (Wildman–Crippen MR) is 142 cm³/mol. The summed E-state index contributed by atoms with van der Waals surface area (Å²) in [7, 11) is 0.